The molecule has 0 radical (unpaired) electrons. The number of ketones is 1. The third-order valence-electron chi connectivity index (χ3n) is 6.06. The maximum Gasteiger partial charge on any atom is 0.255 e. The van der Waals surface area contributed by atoms with Crippen LogP contribution in [0.2, 0.25) is 0 Å². The Balaban J connectivity index is 1.40. The molecule has 2 aliphatic rings. The van der Waals surface area contributed by atoms with Crippen LogP contribution in [0.15, 0.2) is 36.7 Å². The molecule has 0 bridgehead atoms. The maximum atomic E-state index is 13.0. The fourth-order valence-electron chi connectivity index (χ4n) is 4.44. The Kier molecular flexibility index (Phi) is 6.11. The van der Waals surface area contributed by atoms with Crippen molar-refractivity contribution in [3.8, 4) is 0 Å². The number of aromatic nitrogens is 2. The maximum absolute atomic E-state index is 13.0. The van der Waals surface area contributed by atoms with Gasteiger partial charge in [-0.05, 0) is 42.5 Å². The van der Waals surface area contributed by atoms with Crippen LogP contribution in [0.25, 0.3) is 0 Å². The smallest absolute Gasteiger partial charge is 0.255 e. The lowest BCUT2D eigenvalue weighted by atomic mass is 9.89. The molecule has 158 valence electrons. The van der Waals surface area contributed by atoms with Crippen molar-refractivity contribution in [3.05, 3.63) is 53.5 Å². The third-order valence-corrected chi connectivity index (χ3v) is 6.06. The zero-order valence-electron chi connectivity index (χ0n) is 17.9. The summed E-state index contributed by atoms with van der Waals surface area (Å²) in [4.78, 5) is 38.5. The molecule has 2 aromatic rings. The van der Waals surface area contributed by atoms with E-state index in [0.29, 0.717) is 31.0 Å². The van der Waals surface area contributed by atoms with Gasteiger partial charge in [0.25, 0.3) is 5.91 Å². The summed E-state index contributed by atoms with van der Waals surface area (Å²) in [7, 11) is 0. The number of rotatable bonds is 5. The first kappa shape index (κ1) is 20.5. The van der Waals surface area contributed by atoms with E-state index in [1.165, 1.54) is 5.56 Å². The SMILES string of the molecule is CC(C)CC(=O)[C@@H]1CCCN(C(=O)c2ccc(N3CCc4ncccc4C3)nc2)C1. The van der Waals surface area contributed by atoms with Crippen molar-refractivity contribution < 1.29 is 9.59 Å². The largest absolute Gasteiger partial charge is 0.352 e. The number of amides is 1. The van der Waals surface area contributed by atoms with Gasteiger partial charge in [0.2, 0.25) is 0 Å². The number of hydrogen-bond donors (Lipinski definition) is 0. The molecule has 0 aromatic carbocycles. The number of hydrogen-bond acceptors (Lipinski definition) is 5. The van der Waals surface area contributed by atoms with Crippen molar-refractivity contribution in [1.82, 2.24) is 14.9 Å². The van der Waals surface area contributed by atoms with Crippen LogP contribution in [0.1, 0.15) is 54.7 Å². The first-order chi connectivity index (χ1) is 14.5. The molecule has 1 amide bonds. The highest BCUT2D eigenvalue weighted by atomic mass is 16.2. The van der Waals surface area contributed by atoms with Gasteiger partial charge < -0.3 is 9.80 Å². The first-order valence-electron chi connectivity index (χ1n) is 11.0. The van der Waals surface area contributed by atoms with Crippen molar-refractivity contribution in [1.29, 1.82) is 0 Å². The molecule has 0 aliphatic carbocycles. The number of anilines is 1. The summed E-state index contributed by atoms with van der Waals surface area (Å²) in [5, 5.41) is 0. The standard InChI is InChI=1S/C24H30N4O2/c1-17(2)13-22(29)20-6-4-11-28(16-20)24(30)18-7-8-23(26-14-18)27-12-9-21-19(15-27)5-3-10-25-21/h3,5,7-8,10,14,17,20H,4,6,9,11-13,15-16H2,1-2H3/t20-/m1/s1. The summed E-state index contributed by atoms with van der Waals surface area (Å²) in [6.45, 7) is 7.03. The number of piperidine rings is 1. The topological polar surface area (TPSA) is 66.4 Å². The van der Waals surface area contributed by atoms with E-state index in [9.17, 15) is 9.59 Å². The molecular weight excluding hydrogens is 376 g/mol. The zero-order chi connectivity index (χ0) is 21.1. The summed E-state index contributed by atoms with van der Waals surface area (Å²) in [5.74, 6) is 1.47. The van der Waals surface area contributed by atoms with Crippen molar-refractivity contribution in [3.63, 3.8) is 0 Å². The minimum Gasteiger partial charge on any atom is -0.352 e. The molecule has 0 unspecified atom stereocenters. The van der Waals surface area contributed by atoms with Gasteiger partial charge in [-0.25, -0.2) is 4.98 Å². The molecule has 1 saturated heterocycles. The minimum absolute atomic E-state index is 0.0238. The monoisotopic (exact) mass is 406 g/mol. The summed E-state index contributed by atoms with van der Waals surface area (Å²) >= 11 is 0. The van der Waals surface area contributed by atoms with E-state index in [-0.39, 0.29) is 17.6 Å². The molecule has 2 aliphatic heterocycles. The molecule has 1 fully saturated rings. The predicted molar refractivity (Wildman–Crippen MR) is 116 cm³/mol. The van der Waals surface area contributed by atoms with Crippen LogP contribution in [0.4, 0.5) is 5.82 Å². The second-order valence-electron chi connectivity index (χ2n) is 8.84. The van der Waals surface area contributed by atoms with Crippen LogP contribution in [0, 0.1) is 11.8 Å². The minimum atomic E-state index is -0.0284. The Morgan fingerprint density at radius 3 is 2.80 bits per heavy atom. The molecular formula is C24H30N4O2. The van der Waals surface area contributed by atoms with Gasteiger partial charge in [0.15, 0.2) is 0 Å². The van der Waals surface area contributed by atoms with Gasteiger partial charge >= 0.3 is 0 Å². The molecule has 6 heteroatoms. The molecule has 1 atom stereocenters. The van der Waals surface area contributed by atoms with Crippen LogP contribution in [0.3, 0.4) is 0 Å². The summed E-state index contributed by atoms with van der Waals surface area (Å²) in [6.07, 6.45) is 6.78. The number of likely N-dealkylation sites (tertiary alicyclic amines) is 1. The van der Waals surface area contributed by atoms with Gasteiger partial charge in [-0.1, -0.05) is 19.9 Å². The third kappa shape index (κ3) is 4.53. The van der Waals surface area contributed by atoms with Crippen LogP contribution in [-0.4, -0.2) is 46.2 Å². The van der Waals surface area contributed by atoms with Crippen molar-refractivity contribution in [2.45, 2.75) is 46.1 Å². The van der Waals surface area contributed by atoms with Gasteiger partial charge in [0, 0.05) is 63.0 Å². The van der Waals surface area contributed by atoms with Crippen LogP contribution >= 0.6 is 0 Å². The first-order valence-corrected chi connectivity index (χ1v) is 11.0. The number of pyridine rings is 2. The van der Waals surface area contributed by atoms with Gasteiger partial charge in [-0.3, -0.25) is 14.6 Å². The summed E-state index contributed by atoms with van der Waals surface area (Å²) in [6, 6.07) is 7.87. The number of fused-ring (bicyclic) bond motifs is 1. The van der Waals surface area contributed by atoms with E-state index in [1.807, 2.05) is 29.3 Å². The zero-order valence-corrected chi connectivity index (χ0v) is 17.9. The average Bonchev–Trinajstić information content (AvgIpc) is 2.78. The van der Waals surface area contributed by atoms with E-state index >= 15 is 0 Å². The van der Waals surface area contributed by atoms with E-state index < -0.39 is 0 Å². The van der Waals surface area contributed by atoms with Crippen molar-refractivity contribution in [2.75, 3.05) is 24.5 Å². The highest BCUT2D eigenvalue weighted by Crippen LogP contribution is 2.24. The van der Waals surface area contributed by atoms with Crippen molar-refractivity contribution in [2.24, 2.45) is 11.8 Å². The van der Waals surface area contributed by atoms with E-state index in [1.54, 1.807) is 6.20 Å². The normalized spacial score (nSPS) is 19.0. The summed E-state index contributed by atoms with van der Waals surface area (Å²) in [5.41, 5.74) is 2.98. The number of Topliss-reactive ketones (excluding diaryl/α,β-unsaturated/α-hetero) is 1. The second kappa shape index (κ2) is 8.94. The van der Waals surface area contributed by atoms with Gasteiger partial charge in [0.1, 0.15) is 11.6 Å². The van der Waals surface area contributed by atoms with E-state index in [2.05, 4.69) is 34.8 Å². The predicted octanol–water partition coefficient (Wildman–Crippen LogP) is 3.51. The van der Waals surface area contributed by atoms with Crippen molar-refractivity contribution >= 4 is 17.5 Å². The van der Waals surface area contributed by atoms with Crippen LogP contribution in [0.5, 0.6) is 0 Å². The molecule has 0 spiro atoms. The Labute approximate surface area is 178 Å². The Morgan fingerprint density at radius 1 is 1.17 bits per heavy atom. The highest BCUT2D eigenvalue weighted by Gasteiger charge is 2.29. The number of nitrogens with zero attached hydrogens (tertiary/aromatic N) is 4. The number of carbonyl (C=O) groups excluding carboxylic acids is 2. The molecule has 30 heavy (non-hydrogen) atoms. The average molecular weight is 407 g/mol. The van der Waals surface area contributed by atoms with Gasteiger partial charge in [-0.15, -0.1) is 0 Å². The summed E-state index contributed by atoms with van der Waals surface area (Å²) < 4.78 is 0. The van der Waals surface area contributed by atoms with Gasteiger partial charge in [-0.2, -0.15) is 0 Å². The van der Waals surface area contributed by atoms with E-state index in [4.69, 9.17) is 0 Å². The quantitative estimate of drug-likeness (QED) is 0.760. The second-order valence-corrected chi connectivity index (χ2v) is 8.84. The fourth-order valence-corrected chi connectivity index (χ4v) is 4.44. The Hall–Kier alpha value is -2.76. The molecule has 6 nitrogen and oxygen atoms in total. The Bertz CT molecular complexity index is 910. The van der Waals surface area contributed by atoms with Crippen LogP contribution in [-0.2, 0) is 17.8 Å². The lowest BCUT2D eigenvalue weighted by Crippen LogP contribution is -2.42. The lowest BCUT2D eigenvalue weighted by molar-refractivity contribution is -0.124. The number of carbonyl (C=O) groups is 2. The lowest BCUT2D eigenvalue weighted by Gasteiger charge is -2.32. The van der Waals surface area contributed by atoms with E-state index in [0.717, 1.165) is 43.9 Å². The molecule has 4 rings (SSSR count). The Morgan fingerprint density at radius 2 is 2.03 bits per heavy atom. The fraction of sp³-hybridized carbons (Fsp3) is 0.500. The molecule has 4 heterocycles. The van der Waals surface area contributed by atoms with Gasteiger partial charge in [0.05, 0.1) is 5.56 Å². The van der Waals surface area contributed by atoms with Crippen LogP contribution < -0.4 is 4.90 Å². The molecule has 0 saturated carbocycles. The highest BCUT2D eigenvalue weighted by molar-refractivity contribution is 5.94. The molecule has 2 aromatic heterocycles. The molecule has 0 N–H and O–H groups in total.